The molecule has 0 fully saturated rings. The minimum Gasteiger partial charge on any atom is -0.383 e. The number of imidazole rings is 1. The lowest BCUT2D eigenvalue weighted by atomic mass is 10.4. The number of thioether (sulfide) groups is 1. The van der Waals surface area contributed by atoms with E-state index in [9.17, 15) is 0 Å². The smallest absolute Gasteiger partial charge is 0.116 e. The fourth-order valence-corrected chi connectivity index (χ4v) is 3.06. The van der Waals surface area contributed by atoms with E-state index in [1.165, 1.54) is 4.90 Å². The molecule has 2 aromatic rings. The summed E-state index contributed by atoms with van der Waals surface area (Å²) in [6.07, 6.45) is 1.89. The number of ether oxygens (including phenoxy) is 1. The van der Waals surface area contributed by atoms with E-state index in [4.69, 9.17) is 4.74 Å². The Labute approximate surface area is 131 Å². The van der Waals surface area contributed by atoms with Crippen molar-refractivity contribution in [2.75, 3.05) is 20.3 Å². The summed E-state index contributed by atoms with van der Waals surface area (Å²) in [5.74, 6) is 1.84. The van der Waals surface area contributed by atoms with Crippen LogP contribution in [0.3, 0.4) is 0 Å². The number of aromatic amines is 1. The lowest BCUT2D eigenvalue weighted by Crippen LogP contribution is -2.18. The Morgan fingerprint density at radius 2 is 2.35 bits per heavy atom. The van der Waals surface area contributed by atoms with Crippen LogP contribution in [-0.4, -0.2) is 30.2 Å². The Kier molecular flexibility index (Phi) is 6.59. The first-order valence-corrected chi connectivity index (χ1v) is 8.16. The van der Waals surface area contributed by atoms with Crippen LogP contribution in [0.15, 0.2) is 39.8 Å². The van der Waals surface area contributed by atoms with Gasteiger partial charge in [0.1, 0.15) is 5.82 Å². The van der Waals surface area contributed by atoms with Gasteiger partial charge in [0.2, 0.25) is 0 Å². The number of nitrogens with zero attached hydrogens (tertiary/aromatic N) is 1. The normalized spacial score (nSPS) is 10.9. The number of methoxy groups -OCH3 is 1. The average Bonchev–Trinajstić information content (AvgIpc) is 2.89. The maximum Gasteiger partial charge on any atom is 0.116 e. The molecule has 1 aromatic carbocycles. The van der Waals surface area contributed by atoms with Crippen molar-refractivity contribution < 1.29 is 4.74 Å². The topological polar surface area (TPSA) is 49.9 Å². The molecule has 1 heterocycles. The van der Waals surface area contributed by atoms with Crippen molar-refractivity contribution in [1.29, 1.82) is 0 Å². The zero-order valence-electron chi connectivity index (χ0n) is 11.4. The predicted molar refractivity (Wildman–Crippen MR) is 85.9 cm³/mol. The van der Waals surface area contributed by atoms with E-state index in [0.29, 0.717) is 0 Å². The Bertz CT molecular complexity index is 533. The summed E-state index contributed by atoms with van der Waals surface area (Å²) in [6, 6.07) is 8.28. The van der Waals surface area contributed by atoms with Crippen LogP contribution in [0, 0.1) is 0 Å². The lowest BCUT2D eigenvalue weighted by molar-refractivity contribution is 0.199. The standard InChI is InChI=1S/C14H18BrN3OS/c1-19-6-5-16-8-12-9-17-14(18-12)10-20-13-4-2-3-11(15)7-13/h2-4,7,9,16H,5-6,8,10H2,1H3,(H,17,18). The third-order valence-electron chi connectivity index (χ3n) is 2.65. The number of benzene rings is 1. The summed E-state index contributed by atoms with van der Waals surface area (Å²) in [7, 11) is 1.70. The van der Waals surface area contributed by atoms with Crippen molar-refractivity contribution >= 4 is 27.7 Å². The Balaban J connectivity index is 1.78. The molecule has 2 rings (SSSR count). The highest BCUT2D eigenvalue weighted by Crippen LogP contribution is 2.24. The molecule has 0 spiro atoms. The first-order chi connectivity index (χ1) is 9.78. The van der Waals surface area contributed by atoms with Gasteiger partial charge in [-0.15, -0.1) is 11.8 Å². The van der Waals surface area contributed by atoms with Crippen LogP contribution in [0.2, 0.25) is 0 Å². The molecule has 0 atom stereocenters. The van der Waals surface area contributed by atoms with Gasteiger partial charge in [0.05, 0.1) is 12.4 Å². The summed E-state index contributed by atoms with van der Waals surface area (Å²) in [6.45, 7) is 2.36. The summed E-state index contributed by atoms with van der Waals surface area (Å²) >= 11 is 5.25. The first-order valence-electron chi connectivity index (χ1n) is 6.38. The van der Waals surface area contributed by atoms with Crippen LogP contribution in [0.25, 0.3) is 0 Å². The summed E-state index contributed by atoms with van der Waals surface area (Å²) < 4.78 is 6.09. The van der Waals surface area contributed by atoms with Crippen LogP contribution in [0.4, 0.5) is 0 Å². The maximum absolute atomic E-state index is 4.99. The fourth-order valence-electron chi connectivity index (χ4n) is 1.67. The van der Waals surface area contributed by atoms with Crippen molar-refractivity contribution in [1.82, 2.24) is 15.3 Å². The second kappa shape index (κ2) is 8.46. The minimum atomic E-state index is 0.722. The second-order valence-corrected chi connectivity index (χ2v) is 6.24. The Morgan fingerprint density at radius 1 is 1.45 bits per heavy atom. The number of nitrogens with one attached hydrogen (secondary N) is 2. The quantitative estimate of drug-likeness (QED) is 0.563. The molecule has 4 nitrogen and oxygen atoms in total. The molecule has 6 heteroatoms. The number of hydrogen-bond donors (Lipinski definition) is 2. The zero-order valence-corrected chi connectivity index (χ0v) is 13.8. The van der Waals surface area contributed by atoms with Gasteiger partial charge in [0, 0.05) is 41.5 Å². The molecule has 108 valence electrons. The van der Waals surface area contributed by atoms with E-state index in [1.807, 2.05) is 18.3 Å². The van der Waals surface area contributed by atoms with Crippen molar-refractivity contribution in [2.45, 2.75) is 17.2 Å². The van der Waals surface area contributed by atoms with E-state index in [0.717, 1.165) is 41.4 Å². The monoisotopic (exact) mass is 355 g/mol. The highest BCUT2D eigenvalue weighted by atomic mass is 79.9. The molecule has 20 heavy (non-hydrogen) atoms. The second-order valence-electron chi connectivity index (χ2n) is 4.27. The molecular weight excluding hydrogens is 338 g/mol. The van der Waals surface area contributed by atoms with Gasteiger partial charge in [0.15, 0.2) is 0 Å². The summed E-state index contributed by atoms with van der Waals surface area (Å²) in [4.78, 5) is 8.95. The van der Waals surface area contributed by atoms with E-state index in [-0.39, 0.29) is 0 Å². The highest BCUT2D eigenvalue weighted by Gasteiger charge is 2.02. The van der Waals surface area contributed by atoms with Crippen molar-refractivity contribution in [3.8, 4) is 0 Å². The molecule has 0 aliphatic heterocycles. The van der Waals surface area contributed by atoms with Crippen LogP contribution < -0.4 is 5.32 Å². The average molecular weight is 356 g/mol. The molecule has 0 aliphatic rings. The van der Waals surface area contributed by atoms with Gasteiger partial charge in [-0.2, -0.15) is 0 Å². The van der Waals surface area contributed by atoms with E-state index in [2.05, 4.69) is 43.3 Å². The molecule has 2 N–H and O–H groups in total. The zero-order chi connectivity index (χ0) is 14.2. The summed E-state index contributed by atoms with van der Waals surface area (Å²) in [5, 5.41) is 3.29. The fraction of sp³-hybridized carbons (Fsp3) is 0.357. The molecular formula is C14H18BrN3OS. The third kappa shape index (κ3) is 5.28. The molecule has 0 bridgehead atoms. The van der Waals surface area contributed by atoms with Crippen LogP contribution in [0.1, 0.15) is 11.5 Å². The van der Waals surface area contributed by atoms with Gasteiger partial charge in [0.25, 0.3) is 0 Å². The van der Waals surface area contributed by atoms with Gasteiger partial charge in [-0.1, -0.05) is 22.0 Å². The number of H-pyrrole nitrogens is 1. The van der Waals surface area contributed by atoms with E-state index in [1.54, 1.807) is 18.9 Å². The molecule has 0 radical (unpaired) electrons. The molecule has 0 amide bonds. The van der Waals surface area contributed by atoms with E-state index >= 15 is 0 Å². The summed E-state index contributed by atoms with van der Waals surface area (Å²) in [5.41, 5.74) is 1.10. The largest absolute Gasteiger partial charge is 0.383 e. The number of hydrogen-bond acceptors (Lipinski definition) is 4. The lowest BCUT2D eigenvalue weighted by Gasteiger charge is -2.02. The van der Waals surface area contributed by atoms with Gasteiger partial charge >= 0.3 is 0 Å². The minimum absolute atomic E-state index is 0.722. The molecule has 0 saturated heterocycles. The van der Waals surface area contributed by atoms with Crippen LogP contribution in [-0.2, 0) is 17.0 Å². The van der Waals surface area contributed by atoms with Crippen molar-refractivity contribution in [3.05, 3.63) is 46.5 Å². The molecule has 0 unspecified atom stereocenters. The molecule has 1 aromatic heterocycles. The van der Waals surface area contributed by atoms with Crippen molar-refractivity contribution in [3.63, 3.8) is 0 Å². The van der Waals surface area contributed by atoms with Crippen molar-refractivity contribution in [2.24, 2.45) is 0 Å². The van der Waals surface area contributed by atoms with Crippen LogP contribution >= 0.6 is 27.7 Å². The highest BCUT2D eigenvalue weighted by molar-refractivity contribution is 9.10. The first kappa shape index (κ1) is 15.6. The van der Waals surface area contributed by atoms with Gasteiger partial charge in [-0.25, -0.2) is 4.98 Å². The van der Waals surface area contributed by atoms with Gasteiger partial charge in [-0.3, -0.25) is 0 Å². The number of rotatable bonds is 8. The van der Waals surface area contributed by atoms with Gasteiger partial charge < -0.3 is 15.0 Å². The van der Waals surface area contributed by atoms with E-state index < -0.39 is 0 Å². The van der Waals surface area contributed by atoms with Crippen LogP contribution in [0.5, 0.6) is 0 Å². The number of aromatic nitrogens is 2. The SMILES string of the molecule is COCCNCc1cnc(CSc2cccc(Br)c2)[nH]1. The molecule has 0 saturated carbocycles. The number of halogens is 1. The molecule has 0 aliphatic carbocycles. The maximum atomic E-state index is 4.99. The third-order valence-corrected chi connectivity index (χ3v) is 4.15. The van der Waals surface area contributed by atoms with Gasteiger partial charge in [-0.05, 0) is 18.2 Å². The predicted octanol–water partition coefficient (Wildman–Crippen LogP) is 3.20. The Morgan fingerprint density at radius 3 is 3.15 bits per heavy atom. The Hall–Kier alpha value is -0.820.